The molecule has 0 amide bonds. The highest BCUT2D eigenvalue weighted by Gasteiger charge is 2.50. The Morgan fingerprint density at radius 2 is 1.89 bits per heavy atom. The Hall–Kier alpha value is -0.870. The second-order valence-electron chi connectivity index (χ2n) is 8.43. The first-order valence-electron chi connectivity index (χ1n) is 9.32. The molecule has 2 fully saturated rings. The van der Waals surface area contributed by atoms with Crippen LogP contribution in [0.3, 0.4) is 0 Å². The summed E-state index contributed by atoms with van der Waals surface area (Å²) in [7, 11) is 0. The lowest BCUT2D eigenvalue weighted by Gasteiger charge is -2.48. The van der Waals surface area contributed by atoms with E-state index in [0.717, 1.165) is 0 Å². The molecule has 0 aromatic carbocycles. The zero-order valence-electron chi connectivity index (χ0n) is 16.3. The Morgan fingerprint density at radius 1 is 1.26 bits per heavy atom. The standard InChI is InChI=1S/C19H32O8/c1-10-7-12(21)8-18(3,4)19(10,25)6-5-11(2)26-17-16(24)15(23)14(22)13(9-20)27-17/h5-6,10-11,13-17,20,22-25H,7-9H2,1-4H3/t10-,11+,13+,14+,15-,16+,17+,19+/m0/s1. The van der Waals surface area contributed by atoms with Crippen LogP contribution < -0.4 is 0 Å². The second kappa shape index (κ2) is 8.24. The molecule has 2 rings (SSSR count). The van der Waals surface area contributed by atoms with Gasteiger partial charge in [0.1, 0.15) is 30.2 Å². The number of Topliss-reactive ketones (excluding diaryl/α,β-unsaturated/α-hetero) is 1. The fourth-order valence-electron chi connectivity index (χ4n) is 3.98. The van der Waals surface area contributed by atoms with E-state index in [1.807, 2.05) is 20.8 Å². The molecule has 8 atom stereocenters. The van der Waals surface area contributed by atoms with E-state index in [0.29, 0.717) is 6.42 Å². The van der Waals surface area contributed by atoms with Gasteiger partial charge >= 0.3 is 0 Å². The van der Waals surface area contributed by atoms with Gasteiger partial charge in [0.2, 0.25) is 0 Å². The highest BCUT2D eigenvalue weighted by atomic mass is 16.7. The Bertz CT molecular complexity index is 560. The van der Waals surface area contributed by atoms with Crippen molar-refractivity contribution in [2.75, 3.05) is 6.61 Å². The predicted molar refractivity (Wildman–Crippen MR) is 95.6 cm³/mol. The molecule has 5 N–H and O–H groups in total. The van der Waals surface area contributed by atoms with Gasteiger partial charge in [0.25, 0.3) is 0 Å². The van der Waals surface area contributed by atoms with Crippen LogP contribution in [0.4, 0.5) is 0 Å². The second-order valence-corrected chi connectivity index (χ2v) is 8.43. The molecule has 1 aliphatic carbocycles. The van der Waals surface area contributed by atoms with Gasteiger partial charge in [-0.05, 0) is 12.8 Å². The molecule has 0 unspecified atom stereocenters. The highest BCUT2D eigenvalue weighted by molar-refractivity contribution is 5.81. The van der Waals surface area contributed by atoms with Gasteiger partial charge in [-0.2, -0.15) is 0 Å². The molecule has 8 heteroatoms. The average Bonchev–Trinajstić information content (AvgIpc) is 2.58. The molecular weight excluding hydrogens is 356 g/mol. The van der Waals surface area contributed by atoms with Crippen LogP contribution >= 0.6 is 0 Å². The molecule has 1 heterocycles. The predicted octanol–water partition coefficient (Wildman–Crippen LogP) is -0.496. The SMILES string of the molecule is C[C@H](C=C[C@@]1(O)[C@@H](C)CC(=O)CC1(C)C)O[C@@H]1O[C@H](CO)[C@@H](O)[C@H](O)[C@H]1O. The summed E-state index contributed by atoms with van der Waals surface area (Å²) in [6, 6.07) is 0. The number of hydrogen-bond donors (Lipinski definition) is 5. The smallest absolute Gasteiger partial charge is 0.187 e. The van der Waals surface area contributed by atoms with Gasteiger partial charge < -0.3 is 35.0 Å². The minimum absolute atomic E-state index is 0.121. The molecule has 8 nitrogen and oxygen atoms in total. The molecular formula is C19H32O8. The maximum absolute atomic E-state index is 11.9. The van der Waals surface area contributed by atoms with E-state index in [4.69, 9.17) is 9.47 Å². The summed E-state index contributed by atoms with van der Waals surface area (Å²) < 4.78 is 10.9. The number of aliphatic hydroxyl groups is 5. The molecule has 0 aromatic rings. The Kier molecular flexibility index (Phi) is 6.85. The van der Waals surface area contributed by atoms with E-state index in [1.54, 1.807) is 19.1 Å². The minimum Gasteiger partial charge on any atom is -0.394 e. The van der Waals surface area contributed by atoms with E-state index >= 15 is 0 Å². The van der Waals surface area contributed by atoms with E-state index in [-0.39, 0.29) is 18.1 Å². The number of ketones is 1. The van der Waals surface area contributed by atoms with Crippen LogP contribution in [0.1, 0.15) is 40.5 Å². The summed E-state index contributed by atoms with van der Waals surface area (Å²) >= 11 is 0. The monoisotopic (exact) mass is 388 g/mol. The number of ether oxygens (including phenoxy) is 2. The summed E-state index contributed by atoms with van der Waals surface area (Å²) in [6.07, 6.45) is -3.51. The normalized spacial score (nSPS) is 43.8. The lowest BCUT2D eigenvalue weighted by Crippen LogP contribution is -2.59. The van der Waals surface area contributed by atoms with E-state index in [1.165, 1.54) is 0 Å². The Morgan fingerprint density at radius 3 is 2.44 bits per heavy atom. The first-order chi connectivity index (χ1) is 12.4. The topological polar surface area (TPSA) is 137 Å². The highest BCUT2D eigenvalue weighted by Crippen LogP contribution is 2.46. The van der Waals surface area contributed by atoms with Crippen molar-refractivity contribution in [3.63, 3.8) is 0 Å². The third-order valence-corrected chi connectivity index (χ3v) is 5.83. The molecule has 0 radical (unpaired) electrons. The van der Waals surface area contributed by atoms with Crippen molar-refractivity contribution in [3.8, 4) is 0 Å². The fourth-order valence-corrected chi connectivity index (χ4v) is 3.98. The van der Waals surface area contributed by atoms with Gasteiger partial charge in [-0.15, -0.1) is 0 Å². The van der Waals surface area contributed by atoms with E-state index in [2.05, 4.69) is 0 Å². The number of aliphatic hydroxyl groups excluding tert-OH is 4. The first-order valence-corrected chi connectivity index (χ1v) is 9.32. The summed E-state index contributed by atoms with van der Waals surface area (Å²) in [5, 5.41) is 50.1. The van der Waals surface area contributed by atoms with Gasteiger partial charge in [0, 0.05) is 18.3 Å². The van der Waals surface area contributed by atoms with Crippen molar-refractivity contribution in [1.82, 2.24) is 0 Å². The molecule has 0 bridgehead atoms. The van der Waals surface area contributed by atoms with Crippen LogP contribution in [0.2, 0.25) is 0 Å². The number of carbonyl (C=O) groups excluding carboxylic acids is 1. The quantitative estimate of drug-likeness (QED) is 0.398. The fraction of sp³-hybridized carbons (Fsp3) is 0.842. The zero-order chi connectivity index (χ0) is 20.6. The van der Waals surface area contributed by atoms with Crippen LogP contribution in [0.25, 0.3) is 0 Å². The van der Waals surface area contributed by atoms with Crippen molar-refractivity contribution < 1.29 is 39.8 Å². The lowest BCUT2D eigenvalue weighted by atomic mass is 9.60. The third-order valence-electron chi connectivity index (χ3n) is 5.83. The van der Waals surface area contributed by atoms with Crippen LogP contribution in [-0.2, 0) is 14.3 Å². The van der Waals surface area contributed by atoms with Crippen molar-refractivity contribution in [3.05, 3.63) is 12.2 Å². The summed E-state index contributed by atoms with van der Waals surface area (Å²) in [4.78, 5) is 11.9. The summed E-state index contributed by atoms with van der Waals surface area (Å²) in [5.41, 5.74) is -1.84. The number of carbonyl (C=O) groups is 1. The number of rotatable bonds is 5. The van der Waals surface area contributed by atoms with Crippen LogP contribution in [0, 0.1) is 11.3 Å². The summed E-state index contributed by atoms with van der Waals surface area (Å²) in [5.74, 6) is -0.138. The van der Waals surface area contributed by atoms with Gasteiger partial charge in [0.05, 0.1) is 18.3 Å². The molecule has 156 valence electrons. The summed E-state index contributed by atoms with van der Waals surface area (Å²) in [6.45, 7) is 6.65. The van der Waals surface area contributed by atoms with Crippen LogP contribution in [-0.4, -0.2) is 80.3 Å². The molecule has 27 heavy (non-hydrogen) atoms. The van der Waals surface area contributed by atoms with Crippen molar-refractivity contribution in [2.45, 2.75) is 82.9 Å². The van der Waals surface area contributed by atoms with Crippen LogP contribution in [0.15, 0.2) is 12.2 Å². The maximum atomic E-state index is 11.9. The maximum Gasteiger partial charge on any atom is 0.187 e. The Balaban J connectivity index is 2.08. The lowest BCUT2D eigenvalue weighted by molar-refractivity contribution is -0.306. The van der Waals surface area contributed by atoms with Gasteiger partial charge in [-0.1, -0.05) is 32.9 Å². The van der Waals surface area contributed by atoms with Gasteiger partial charge in [-0.25, -0.2) is 0 Å². The van der Waals surface area contributed by atoms with Gasteiger partial charge in [-0.3, -0.25) is 4.79 Å². The zero-order valence-corrected chi connectivity index (χ0v) is 16.3. The third kappa shape index (κ3) is 4.42. The molecule has 0 aromatic heterocycles. The average molecular weight is 388 g/mol. The molecule has 0 spiro atoms. The Labute approximate surface area is 159 Å². The first kappa shape index (κ1) is 22.4. The molecule has 1 saturated carbocycles. The number of hydrogen-bond acceptors (Lipinski definition) is 8. The van der Waals surface area contributed by atoms with Crippen molar-refractivity contribution in [2.24, 2.45) is 11.3 Å². The minimum atomic E-state index is -1.51. The van der Waals surface area contributed by atoms with Crippen molar-refractivity contribution >= 4 is 5.78 Å². The molecule has 2 aliphatic rings. The molecule has 1 saturated heterocycles. The van der Waals surface area contributed by atoms with Crippen LogP contribution in [0.5, 0.6) is 0 Å². The van der Waals surface area contributed by atoms with Crippen molar-refractivity contribution in [1.29, 1.82) is 0 Å². The van der Waals surface area contributed by atoms with E-state index in [9.17, 15) is 30.3 Å². The molecule has 1 aliphatic heterocycles. The van der Waals surface area contributed by atoms with Gasteiger partial charge in [0.15, 0.2) is 6.29 Å². The van der Waals surface area contributed by atoms with E-state index < -0.39 is 54.4 Å². The largest absolute Gasteiger partial charge is 0.394 e.